The number of nitrogens with zero attached hydrogens (tertiary/aromatic N) is 1. The second-order valence-electron chi connectivity index (χ2n) is 3.85. The molecule has 0 amide bonds. The average molecular weight is 230 g/mol. The van der Waals surface area contributed by atoms with Crippen molar-refractivity contribution in [3.8, 4) is 5.75 Å². The smallest absolute Gasteiger partial charge is 0.145 e. The van der Waals surface area contributed by atoms with Crippen LogP contribution in [-0.2, 0) is 6.42 Å². The number of aryl methyl sites for hydroxylation is 1. The fourth-order valence-corrected chi connectivity index (χ4v) is 1.94. The third kappa shape index (κ3) is 2.18. The highest BCUT2D eigenvalue weighted by Crippen LogP contribution is 2.30. The van der Waals surface area contributed by atoms with E-state index in [1.165, 1.54) is 0 Å². The van der Waals surface area contributed by atoms with E-state index >= 15 is 0 Å². The van der Waals surface area contributed by atoms with Crippen molar-refractivity contribution in [2.24, 2.45) is 0 Å². The minimum Gasteiger partial charge on any atom is -0.492 e. The molecule has 1 N–H and O–H groups in total. The van der Waals surface area contributed by atoms with Gasteiger partial charge in [-0.2, -0.15) is 0 Å². The second kappa shape index (κ2) is 5.04. The SMILES string of the molecule is CCOc1cccc2c(NC)cc(CC)nc12. The molecule has 1 heterocycles. The van der Waals surface area contributed by atoms with Gasteiger partial charge in [0.1, 0.15) is 11.3 Å². The molecular formula is C14H18N2O. The van der Waals surface area contributed by atoms with Crippen LogP contribution >= 0.6 is 0 Å². The van der Waals surface area contributed by atoms with Gasteiger partial charge in [-0.15, -0.1) is 0 Å². The number of rotatable bonds is 4. The van der Waals surface area contributed by atoms with E-state index in [-0.39, 0.29) is 0 Å². The number of fused-ring (bicyclic) bond motifs is 1. The Morgan fingerprint density at radius 2 is 2.12 bits per heavy atom. The predicted molar refractivity (Wildman–Crippen MR) is 71.8 cm³/mol. The van der Waals surface area contributed by atoms with Gasteiger partial charge in [-0.3, -0.25) is 0 Å². The summed E-state index contributed by atoms with van der Waals surface area (Å²) in [6.45, 7) is 4.75. The molecule has 1 aromatic heterocycles. The van der Waals surface area contributed by atoms with Crippen LogP contribution in [0.3, 0.4) is 0 Å². The Labute approximate surface area is 102 Å². The van der Waals surface area contributed by atoms with Gasteiger partial charge in [0.05, 0.1) is 6.61 Å². The Morgan fingerprint density at radius 1 is 1.29 bits per heavy atom. The lowest BCUT2D eigenvalue weighted by Crippen LogP contribution is -1.99. The monoisotopic (exact) mass is 230 g/mol. The molecule has 0 unspecified atom stereocenters. The molecule has 3 nitrogen and oxygen atoms in total. The number of anilines is 1. The summed E-state index contributed by atoms with van der Waals surface area (Å²) in [4.78, 5) is 4.66. The molecule has 0 spiro atoms. The molecule has 0 saturated carbocycles. The molecule has 17 heavy (non-hydrogen) atoms. The van der Waals surface area contributed by atoms with Gasteiger partial charge < -0.3 is 10.1 Å². The van der Waals surface area contributed by atoms with Crippen LogP contribution < -0.4 is 10.1 Å². The van der Waals surface area contributed by atoms with E-state index in [0.29, 0.717) is 6.61 Å². The van der Waals surface area contributed by atoms with Crippen molar-refractivity contribution in [3.05, 3.63) is 30.0 Å². The number of nitrogens with one attached hydrogen (secondary N) is 1. The highest BCUT2D eigenvalue weighted by atomic mass is 16.5. The Hall–Kier alpha value is -1.77. The zero-order valence-corrected chi connectivity index (χ0v) is 10.6. The van der Waals surface area contributed by atoms with Crippen molar-refractivity contribution < 1.29 is 4.74 Å². The van der Waals surface area contributed by atoms with Crippen LogP contribution in [0.1, 0.15) is 19.5 Å². The number of aromatic nitrogens is 1. The maximum atomic E-state index is 5.63. The van der Waals surface area contributed by atoms with Crippen LogP contribution in [0.2, 0.25) is 0 Å². The lowest BCUT2D eigenvalue weighted by atomic mass is 10.1. The summed E-state index contributed by atoms with van der Waals surface area (Å²) in [6, 6.07) is 8.13. The van der Waals surface area contributed by atoms with Crippen molar-refractivity contribution in [1.82, 2.24) is 4.98 Å². The summed E-state index contributed by atoms with van der Waals surface area (Å²) < 4.78 is 5.63. The van der Waals surface area contributed by atoms with Crippen LogP contribution in [0.25, 0.3) is 10.9 Å². The predicted octanol–water partition coefficient (Wildman–Crippen LogP) is 3.24. The zero-order valence-electron chi connectivity index (χ0n) is 10.6. The highest BCUT2D eigenvalue weighted by molar-refractivity contribution is 5.95. The van der Waals surface area contributed by atoms with Gasteiger partial charge in [0.15, 0.2) is 0 Å². The van der Waals surface area contributed by atoms with Crippen molar-refractivity contribution >= 4 is 16.6 Å². The lowest BCUT2D eigenvalue weighted by Gasteiger charge is -2.11. The molecule has 0 atom stereocenters. The summed E-state index contributed by atoms with van der Waals surface area (Å²) in [7, 11) is 1.93. The third-order valence-corrected chi connectivity index (χ3v) is 2.79. The molecule has 0 saturated heterocycles. The Morgan fingerprint density at radius 3 is 2.76 bits per heavy atom. The van der Waals surface area contributed by atoms with Crippen molar-refractivity contribution in [2.45, 2.75) is 20.3 Å². The van der Waals surface area contributed by atoms with Gasteiger partial charge in [-0.25, -0.2) is 4.98 Å². The Bertz CT molecular complexity index is 523. The van der Waals surface area contributed by atoms with Gasteiger partial charge in [0.25, 0.3) is 0 Å². The minimum absolute atomic E-state index is 0.659. The number of benzene rings is 1. The van der Waals surface area contributed by atoms with E-state index in [1.54, 1.807) is 0 Å². The summed E-state index contributed by atoms with van der Waals surface area (Å²) in [5, 5.41) is 4.33. The molecule has 0 aliphatic heterocycles. The average Bonchev–Trinajstić information content (AvgIpc) is 2.38. The van der Waals surface area contributed by atoms with E-state index in [4.69, 9.17) is 4.74 Å². The molecular weight excluding hydrogens is 212 g/mol. The molecule has 0 fully saturated rings. The largest absolute Gasteiger partial charge is 0.492 e. The fraction of sp³-hybridized carbons (Fsp3) is 0.357. The van der Waals surface area contributed by atoms with Gasteiger partial charge >= 0.3 is 0 Å². The van der Waals surface area contributed by atoms with Crippen LogP contribution in [0, 0.1) is 0 Å². The number of pyridine rings is 1. The molecule has 0 radical (unpaired) electrons. The molecule has 0 bridgehead atoms. The maximum Gasteiger partial charge on any atom is 0.145 e. The molecule has 2 rings (SSSR count). The van der Waals surface area contributed by atoms with E-state index in [9.17, 15) is 0 Å². The summed E-state index contributed by atoms with van der Waals surface area (Å²) in [5.74, 6) is 0.858. The first-order chi connectivity index (χ1) is 8.30. The topological polar surface area (TPSA) is 34.1 Å². The van der Waals surface area contributed by atoms with Crippen LogP contribution in [0.5, 0.6) is 5.75 Å². The first kappa shape index (κ1) is 11.7. The molecule has 2 aromatic rings. The Kier molecular flexibility index (Phi) is 3.47. The quantitative estimate of drug-likeness (QED) is 0.875. The minimum atomic E-state index is 0.659. The van der Waals surface area contributed by atoms with Gasteiger partial charge in [-0.05, 0) is 25.5 Å². The lowest BCUT2D eigenvalue weighted by molar-refractivity contribution is 0.343. The van der Waals surface area contributed by atoms with E-state index in [2.05, 4.69) is 29.4 Å². The Balaban J connectivity index is 2.70. The summed E-state index contributed by atoms with van der Waals surface area (Å²) in [5.41, 5.74) is 3.13. The van der Waals surface area contributed by atoms with Gasteiger partial charge in [0, 0.05) is 23.8 Å². The zero-order chi connectivity index (χ0) is 12.3. The molecule has 0 aliphatic rings. The number of hydrogen-bond donors (Lipinski definition) is 1. The second-order valence-corrected chi connectivity index (χ2v) is 3.85. The van der Waals surface area contributed by atoms with Crippen LogP contribution in [0.15, 0.2) is 24.3 Å². The fourth-order valence-electron chi connectivity index (χ4n) is 1.94. The maximum absolute atomic E-state index is 5.63. The number of ether oxygens (including phenoxy) is 1. The van der Waals surface area contributed by atoms with E-state index in [0.717, 1.165) is 34.5 Å². The third-order valence-electron chi connectivity index (χ3n) is 2.79. The first-order valence-electron chi connectivity index (χ1n) is 6.03. The van der Waals surface area contributed by atoms with E-state index < -0.39 is 0 Å². The van der Waals surface area contributed by atoms with Crippen molar-refractivity contribution in [2.75, 3.05) is 19.0 Å². The first-order valence-corrected chi connectivity index (χ1v) is 6.03. The highest BCUT2D eigenvalue weighted by Gasteiger charge is 2.08. The normalized spacial score (nSPS) is 10.5. The summed E-state index contributed by atoms with van der Waals surface area (Å²) >= 11 is 0. The van der Waals surface area contributed by atoms with Crippen LogP contribution in [-0.4, -0.2) is 18.6 Å². The molecule has 3 heteroatoms. The molecule has 0 aliphatic carbocycles. The molecule has 1 aromatic carbocycles. The van der Waals surface area contributed by atoms with Crippen molar-refractivity contribution in [3.63, 3.8) is 0 Å². The van der Waals surface area contributed by atoms with Crippen molar-refractivity contribution in [1.29, 1.82) is 0 Å². The van der Waals surface area contributed by atoms with E-state index in [1.807, 2.05) is 26.1 Å². The van der Waals surface area contributed by atoms with Crippen LogP contribution in [0.4, 0.5) is 5.69 Å². The summed E-state index contributed by atoms with van der Waals surface area (Å²) in [6.07, 6.45) is 0.922. The molecule has 90 valence electrons. The van der Waals surface area contributed by atoms with Gasteiger partial charge in [-0.1, -0.05) is 19.1 Å². The number of para-hydroxylation sites is 1. The van der Waals surface area contributed by atoms with Gasteiger partial charge in [0.2, 0.25) is 0 Å². The standard InChI is InChI=1S/C14H18N2O/c1-4-10-9-12(15-3)11-7-6-8-13(17-5-2)14(11)16-10/h6-9H,4-5H2,1-3H3,(H,15,16). The number of hydrogen-bond acceptors (Lipinski definition) is 3.